The first kappa shape index (κ1) is 18.4. The predicted octanol–water partition coefficient (Wildman–Crippen LogP) is 1.90. The SMILES string of the molecule is CC(C)CNC(=O)c1c(NC(=O)c2ccc(Cn3cccn3)o2)cnn1C. The number of anilines is 1. The number of nitrogens with one attached hydrogen (secondary N) is 2. The molecule has 27 heavy (non-hydrogen) atoms. The molecule has 0 unspecified atom stereocenters. The number of hydrogen-bond acceptors (Lipinski definition) is 5. The average molecular weight is 370 g/mol. The van der Waals surface area contributed by atoms with Crippen LogP contribution in [0.5, 0.6) is 0 Å². The highest BCUT2D eigenvalue weighted by Gasteiger charge is 2.20. The van der Waals surface area contributed by atoms with Gasteiger partial charge in [0, 0.05) is 26.0 Å². The quantitative estimate of drug-likeness (QED) is 0.660. The number of furan rings is 1. The Morgan fingerprint density at radius 2 is 2.04 bits per heavy atom. The summed E-state index contributed by atoms with van der Waals surface area (Å²) in [7, 11) is 1.65. The highest BCUT2D eigenvalue weighted by molar-refractivity contribution is 6.07. The molecule has 0 aliphatic rings. The molecular weight excluding hydrogens is 348 g/mol. The molecule has 2 N–H and O–H groups in total. The van der Waals surface area contributed by atoms with Crippen molar-refractivity contribution in [1.29, 1.82) is 0 Å². The molecule has 0 atom stereocenters. The number of carbonyl (C=O) groups is 2. The van der Waals surface area contributed by atoms with Crippen molar-refractivity contribution in [2.75, 3.05) is 11.9 Å². The summed E-state index contributed by atoms with van der Waals surface area (Å²) < 4.78 is 8.70. The topological polar surface area (TPSA) is 107 Å². The zero-order chi connectivity index (χ0) is 19.4. The Morgan fingerprint density at radius 3 is 2.74 bits per heavy atom. The lowest BCUT2D eigenvalue weighted by atomic mass is 10.2. The lowest BCUT2D eigenvalue weighted by molar-refractivity contribution is 0.0940. The maximum atomic E-state index is 12.5. The monoisotopic (exact) mass is 370 g/mol. The summed E-state index contributed by atoms with van der Waals surface area (Å²) in [5.41, 5.74) is 0.612. The molecule has 2 amide bonds. The normalized spacial score (nSPS) is 11.0. The van der Waals surface area contributed by atoms with Crippen molar-refractivity contribution in [2.45, 2.75) is 20.4 Å². The molecule has 3 aromatic rings. The molecule has 0 saturated carbocycles. The van der Waals surface area contributed by atoms with Gasteiger partial charge in [0.1, 0.15) is 11.5 Å². The third-order valence-corrected chi connectivity index (χ3v) is 3.84. The fourth-order valence-electron chi connectivity index (χ4n) is 2.50. The van der Waals surface area contributed by atoms with Gasteiger partial charge in [-0.3, -0.25) is 19.0 Å². The van der Waals surface area contributed by atoms with Gasteiger partial charge >= 0.3 is 0 Å². The molecule has 3 heterocycles. The Labute approximate surface area is 156 Å². The van der Waals surface area contributed by atoms with Crippen LogP contribution in [0.15, 0.2) is 41.2 Å². The number of hydrogen-bond donors (Lipinski definition) is 2. The molecule has 0 radical (unpaired) electrons. The second kappa shape index (κ2) is 7.90. The predicted molar refractivity (Wildman–Crippen MR) is 98.4 cm³/mol. The van der Waals surface area contributed by atoms with E-state index in [9.17, 15) is 9.59 Å². The summed E-state index contributed by atoms with van der Waals surface area (Å²) >= 11 is 0. The lowest BCUT2D eigenvalue weighted by Gasteiger charge is -2.10. The number of nitrogens with zero attached hydrogens (tertiary/aromatic N) is 4. The molecule has 0 fully saturated rings. The van der Waals surface area contributed by atoms with Crippen LogP contribution in [0.2, 0.25) is 0 Å². The molecule has 0 saturated heterocycles. The molecule has 3 aromatic heterocycles. The van der Waals surface area contributed by atoms with Crippen LogP contribution in [0.25, 0.3) is 0 Å². The maximum Gasteiger partial charge on any atom is 0.291 e. The Balaban J connectivity index is 1.69. The van der Waals surface area contributed by atoms with Gasteiger partial charge in [-0.25, -0.2) is 0 Å². The van der Waals surface area contributed by atoms with Gasteiger partial charge in [-0.15, -0.1) is 0 Å². The van der Waals surface area contributed by atoms with Gasteiger partial charge in [-0.05, 0) is 24.1 Å². The fourth-order valence-corrected chi connectivity index (χ4v) is 2.50. The van der Waals surface area contributed by atoms with Gasteiger partial charge in [-0.1, -0.05) is 13.8 Å². The van der Waals surface area contributed by atoms with E-state index in [2.05, 4.69) is 20.8 Å². The van der Waals surface area contributed by atoms with Gasteiger partial charge in [0.15, 0.2) is 5.76 Å². The molecule has 0 aliphatic heterocycles. The minimum atomic E-state index is -0.451. The van der Waals surface area contributed by atoms with Crippen LogP contribution in [-0.4, -0.2) is 37.9 Å². The van der Waals surface area contributed by atoms with Gasteiger partial charge in [0.25, 0.3) is 11.8 Å². The molecule has 9 nitrogen and oxygen atoms in total. The molecule has 142 valence electrons. The van der Waals surface area contributed by atoms with Crippen molar-refractivity contribution in [3.8, 4) is 0 Å². The van der Waals surface area contributed by atoms with E-state index in [1.807, 2.05) is 19.9 Å². The first-order valence-electron chi connectivity index (χ1n) is 8.61. The summed E-state index contributed by atoms with van der Waals surface area (Å²) in [6.45, 7) is 4.97. The van der Waals surface area contributed by atoms with Gasteiger partial charge < -0.3 is 15.1 Å². The second-order valence-corrected chi connectivity index (χ2v) is 6.56. The van der Waals surface area contributed by atoms with Gasteiger partial charge in [-0.2, -0.15) is 10.2 Å². The molecule has 3 rings (SSSR count). The van der Waals surface area contributed by atoms with E-state index < -0.39 is 5.91 Å². The summed E-state index contributed by atoms with van der Waals surface area (Å²) in [4.78, 5) is 24.9. The van der Waals surface area contributed by atoms with Crippen molar-refractivity contribution < 1.29 is 14.0 Å². The molecular formula is C18H22N6O3. The zero-order valence-electron chi connectivity index (χ0n) is 15.5. The Bertz CT molecular complexity index is 923. The first-order valence-corrected chi connectivity index (χ1v) is 8.61. The van der Waals surface area contributed by atoms with E-state index in [1.165, 1.54) is 10.9 Å². The average Bonchev–Trinajstić information content (AvgIpc) is 3.35. The molecule has 0 bridgehead atoms. The highest BCUT2D eigenvalue weighted by Crippen LogP contribution is 2.17. The Kier molecular flexibility index (Phi) is 5.39. The van der Waals surface area contributed by atoms with Crippen molar-refractivity contribution in [3.05, 3.63) is 54.0 Å². The van der Waals surface area contributed by atoms with Crippen LogP contribution in [-0.2, 0) is 13.6 Å². The van der Waals surface area contributed by atoms with E-state index in [-0.39, 0.29) is 17.4 Å². The second-order valence-electron chi connectivity index (χ2n) is 6.56. The number of aryl methyl sites for hydroxylation is 1. The summed E-state index contributed by atoms with van der Waals surface area (Å²) in [5, 5.41) is 13.7. The van der Waals surface area contributed by atoms with Crippen LogP contribution < -0.4 is 10.6 Å². The molecule has 0 spiro atoms. The number of carbonyl (C=O) groups excluding carboxylic acids is 2. The van der Waals surface area contributed by atoms with Crippen LogP contribution >= 0.6 is 0 Å². The van der Waals surface area contributed by atoms with E-state index in [0.29, 0.717) is 30.5 Å². The minimum Gasteiger partial charge on any atom is -0.454 e. The maximum absolute atomic E-state index is 12.5. The number of aromatic nitrogens is 4. The smallest absolute Gasteiger partial charge is 0.291 e. The van der Waals surface area contributed by atoms with Crippen LogP contribution in [0.4, 0.5) is 5.69 Å². The van der Waals surface area contributed by atoms with E-state index in [4.69, 9.17) is 4.42 Å². The fraction of sp³-hybridized carbons (Fsp3) is 0.333. The Morgan fingerprint density at radius 1 is 1.22 bits per heavy atom. The van der Waals surface area contributed by atoms with E-state index in [0.717, 1.165) is 0 Å². The Hall–Kier alpha value is -3.36. The van der Waals surface area contributed by atoms with Crippen LogP contribution in [0.3, 0.4) is 0 Å². The standard InChI is InChI=1S/C18H22N6O3/c1-12(2)9-19-18(26)16-14(10-21-23(16)3)22-17(25)15-6-5-13(27-15)11-24-8-4-7-20-24/h4-8,10,12H,9,11H2,1-3H3,(H,19,26)(H,22,25). The van der Waals surface area contributed by atoms with Crippen molar-refractivity contribution >= 4 is 17.5 Å². The molecule has 0 aliphatic carbocycles. The molecule has 0 aromatic carbocycles. The number of rotatable bonds is 7. The summed E-state index contributed by atoms with van der Waals surface area (Å²) in [6, 6.07) is 5.12. The summed E-state index contributed by atoms with van der Waals surface area (Å²) in [6.07, 6.45) is 4.92. The van der Waals surface area contributed by atoms with Crippen LogP contribution in [0.1, 0.15) is 40.7 Å². The van der Waals surface area contributed by atoms with Crippen LogP contribution in [0, 0.1) is 5.92 Å². The number of amides is 2. The van der Waals surface area contributed by atoms with Gasteiger partial charge in [0.2, 0.25) is 0 Å². The largest absolute Gasteiger partial charge is 0.454 e. The van der Waals surface area contributed by atoms with Crippen molar-refractivity contribution in [1.82, 2.24) is 24.9 Å². The lowest BCUT2D eigenvalue weighted by Crippen LogP contribution is -2.30. The molecule has 9 heteroatoms. The third-order valence-electron chi connectivity index (χ3n) is 3.84. The van der Waals surface area contributed by atoms with E-state index >= 15 is 0 Å². The van der Waals surface area contributed by atoms with E-state index in [1.54, 1.807) is 36.3 Å². The highest BCUT2D eigenvalue weighted by atomic mass is 16.4. The van der Waals surface area contributed by atoms with Gasteiger partial charge in [0.05, 0.1) is 18.4 Å². The first-order chi connectivity index (χ1) is 12.9. The summed E-state index contributed by atoms with van der Waals surface area (Å²) in [5.74, 6) is 0.321. The zero-order valence-corrected chi connectivity index (χ0v) is 15.5. The van der Waals surface area contributed by atoms with Crippen molar-refractivity contribution in [3.63, 3.8) is 0 Å². The minimum absolute atomic E-state index is 0.148. The third kappa shape index (κ3) is 4.43. The van der Waals surface area contributed by atoms with Crippen molar-refractivity contribution in [2.24, 2.45) is 13.0 Å².